The topological polar surface area (TPSA) is 47.4 Å². The average molecular weight is 390 g/mol. The zero-order valence-corrected chi connectivity index (χ0v) is 17.5. The molecule has 0 aliphatic carbocycles. The van der Waals surface area contributed by atoms with Gasteiger partial charge in [-0.3, -0.25) is 4.79 Å². The van der Waals surface area contributed by atoms with Gasteiger partial charge in [0.15, 0.2) is 0 Å². The Balaban J connectivity index is 1.73. The van der Waals surface area contributed by atoms with Crippen molar-refractivity contribution < 1.29 is 9.53 Å². The summed E-state index contributed by atoms with van der Waals surface area (Å²) in [5.41, 5.74) is 5.14. The molecule has 0 saturated carbocycles. The van der Waals surface area contributed by atoms with Crippen LogP contribution in [-0.4, -0.2) is 45.9 Å². The molecule has 146 valence electrons. The van der Waals surface area contributed by atoms with Crippen molar-refractivity contribution in [1.29, 1.82) is 0 Å². The molecule has 1 aliphatic heterocycles. The minimum atomic E-state index is 0.0928. The summed E-state index contributed by atoms with van der Waals surface area (Å²) in [6.45, 7) is 11.4. The number of hydrogen-bond donors (Lipinski definition) is 0. The summed E-state index contributed by atoms with van der Waals surface area (Å²) in [5.74, 6) is 0.182. The molecule has 2 aromatic rings. The predicted molar refractivity (Wildman–Crippen MR) is 108 cm³/mol. The largest absolute Gasteiger partial charge is 0.372 e. The number of rotatable bonds is 4. The summed E-state index contributed by atoms with van der Waals surface area (Å²) in [7, 11) is 0. The van der Waals surface area contributed by atoms with E-state index in [2.05, 4.69) is 5.10 Å². The van der Waals surface area contributed by atoms with E-state index in [1.807, 2.05) is 62.4 Å². The van der Waals surface area contributed by atoms with Gasteiger partial charge in [-0.1, -0.05) is 17.7 Å². The lowest BCUT2D eigenvalue weighted by Crippen LogP contribution is -2.48. The normalized spacial score (nSPS) is 20.1. The van der Waals surface area contributed by atoms with Crippen LogP contribution < -0.4 is 0 Å². The quantitative estimate of drug-likeness (QED) is 0.793. The minimum absolute atomic E-state index is 0.0928. The lowest BCUT2D eigenvalue weighted by Gasteiger charge is -2.35. The molecule has 2 atom stereocenters. The number of benzene rings is 1. The van der Waals surface area contributed by atoms with Crippen LogP contribution in [0.25, 0.3) is 5.69 Å². The van der Waals surface area contributed by atoms with Gasteiger partial charge < -0.3 is 9.64 Å². The van der Waals surface area contributed by atoms with Gasteiger partial charge in [-0.2, -0.15) is 5.10 Å². The maximum atomic E-state index is 12.7. The van der Waals surface area contributed by atoms with E-state index in [1.54, 1.807) is 0 Å². The average Bonchev–Trinajstić information content (AvgIpc) is 2.88. The van der Waals surface area contributed by atoms with Gasteiger partial charge in [-0.05, 0) is 64.3 Å². The van der Waals surface area contributed by atoms with Gasteiger partial charge in [-0.15, -0.1) is 0 Å². The molecule has 0 spiro atoms. The molecule has 1 fully saturated rings. The molecule has 0 radical (unpaired) electrons. The summed E-state index contributed by atoms with van der Waals surface area (Å²) in [4.78, 5) is 14.6. The Morgan fingerprint density at radius 2 is 1.89 bits per heavy atom. The van der Waals surface area contributed by atoms with Crippen molar-refractivity contribution in [3.63, 3.8) is 0 Å². The summed E-state index contributed by atoms with van der Waals surface area (Å²) in [6, 6.07) is 5.95. The highest BCUT2D eigenvalue weighted by Gasteiger charge is 2.26. The zero-order valence-electron chi connectivity index (χ0n) is 16.8. The molecule has 0 bridgehead atoms. The van der Waals surface area contributed by atoms with Gasteiger partial charge in [0.1, 0.15) is 0 Å². The van der Waals surface area contributed by atoms with Crippen LogP contribution in [0.4, 0.5) is 0 Å². The maximum absolute atomic E-state index is 12.7. The molecule has 3 rings (SSSR count). The Bertz CT molecular complexity index is 836. The smallest absolute Gasteiger partial charge is 0.223 e. The Hall–Kier alpha value is -1.85. The molecule has 27 heavy (non-hydrogen) atoms. The fraction of sp³-hybridized carbons (Fsp3) is 0.524. The van der Waals surface area contributed by atoms with Crippen LogP contribution in [0.1, 0.15) is 42.8 Å². The summed E-state index contributed by atoms with van der Waals surface area (Å²) in [6.07, 6.45) is 1.36. The Kier molecular flexibility index (Phi) is 5.92. The highest BCUT2D eigenvalue weighted by atomic mass is 35.5. The number of carbonyl (C=O) groups excluding carboxylic acids is 1. The van der Waals surface area contributed by atoms with Crippen LogP contribution in [0, 0.1) is 20.8 Å². The first-order valence-corrected chi connectivity index (χ1v) is 9.89. The third-order valence-corrected chi connectivity index (χ3v) is 5.61. The molecular formula is C21H28ClN3O2. The van der Waals surface area contributed by atoms with E-state index in [1.165, 1.54) is 0 Å². The van der Waals surface area contributed by atoms with E-state index < -0.39 is 0 Å². The van der Waals surface area contributed by atoms with Crippen LogP contribution in [0.3, 0.4) is 0 Å². The van der Waals surface area contributed by atoms with E-state index in [-0.39, 0.29) is 18.1 Å². The van der Waals surface area contributed by atoms with Crippen molar-refractivity contribution in [3.05, 3.63) is 45.7 Å². The van der Waals surface area contributed by atoms with Crippen molar-refractivity contribution in [2.24, 2.45) is 0 Å². The van der Waals surface area contributed by atoms with Crippen molar-refractivity contribution in [3.8, 4) is 5.69 Å². The highest BCUT2D eigenvalue weighted by Crippen LogP contribution is 2.24. The van der Waals surface area contributed by atoms with E-state index >= 15 is 0 Å². The maximum Gasteiger partial charge on any atom is 0.223 e. The summed E-state index contributed by atoms with van der Waals surface area (Å²) >= 11 is 6.27. The molecule has 0 N–H and O–H groups in total. The molecule has 0 unspecified atom stereocenters. The number of aryl methyl sites for hydroxylation is 2. The Morgan fingerprint density at radius 3 is 2.52 bits per heavy atom. The van der Waals surface area contributed by atoms with Gasteiger partial charge in [0.2, 0.25) is 5.91 Å². The third-order valence-electron chi connectivity index (χ3n) is 5.20. The van der Waals surface area contributed by atoms with E-state index in [4.69, 9.17) is 16.3 Å². The van der Waals surface area contributed by atoms with Gasteiger partial charge in [0.05, 0.1) is 23.6 Å². The standard InChI is InChI=1S/C21H28ClN3O2/c1-13-6-7-18(10-20(13)22)25-17(5)19(16(4)23-25)8-9-21(26)24-11-14(2)27-15(3)12-24/h6-7,10,14-15H,8-9,11-12H2,1-5H3/t14-,15+. The van der Waals surface area contributed by atoms with Gasteiger partial charge in [-0.25, -0.2) is 4.68 Å². The Labute approximate surface area is 166 Å². The van der Waals surface area contributed by atoms with Crippen molar-refractivity contribution >= 4 is 17.5 Å². The number of hydrogen-bond acceptors (Lipinski definition) is 3. The lowest BCUT2D eigenvalue weighted by atomic mass is 10.1. The molecule has 1 saturated heterocycles. The fourth-order valence-electron chi connectivity index (χ4n) is 3.77. The number of ether oxygens (including phenoxy) is 1. The molecule has 1 aromatic carbocycles. The fourth-order valence-corrected chi connectivity index (χ4v) is 3.95. The second kappa shape index (κ2) is 8.03. The van der Waals surface area contributed by atoms with E-state index in [0.717, 1.165) is 33.2 Å². The van der Waals surface area contributed by atoms with Crippen LogP contribution in [0.5, 0.6) is 0 Å². The Morgan fingerprint density at radius 1 is 1.22 bits per heavy atom. The van der Waals surface area contributed by atoms with Crippen molar-refractivity contribution in [2.75, 3.05) is 13.1 Å². The SMILES string of the molecule is Cc1ccc(-n2nc(C)c(CCC(=O)N3C[C@@H](C)O[C@@H](C)C3)c2C)cc1Cl. The number of morpholine rings is 1. The predicted octanol–water partition coefficient (Wildman–Crippen LogP) is 4.02. The lowest BCUT2D eigenvalue weighted by molar-refractivity contribution is -0.143. The molecule has 1 amide bonds. The number of nitrogens with zero attached hydrogens (tertiary/aromatic N) is 3. The molecular weight excluding hydrogens is 362 g/mol. The van der Waals surface area contributed by atoms with Gasteiger partial charge in [0, 0.05) is 30.2 Å². The van der Waals surface area contributed by atoms with Gasteiger partial charge in [0.25, 0.3) is 0 Å². The monoisotopic (exact) mass is 389 g/mol. The third kappa shape index (κ3) is 4.36. The molecule has 5 nitrogen and oxygen atoms in total. The first kappa shape index (κ1) is 19.9. The second-order valence-corrected chi connectivity index (χ2v) is 7.96. The molecule has 1 aliphatic rings. The van der Waals surface area contributed by atoms with Crippen molar-refractivity contribution in [1.82, 2.24) is 14.7 Å². The first-order chi connectivity index (χ1) is 12.8. The summed E-state index contributed by atoms with van der Waals surface area (Å²) < 4.78 is 7.64. The number of amides is 1. The van der Waals surface area contributed by atoms with E-state index in [9.17, 15) is 4.79 Å². The molecule has 2 heterocycles. The minimum Gasteiger partial charge on any atom is -0.372 e. The number of aromatic nitrogens is 2. The second-order valence-electron chi connectivity index (χ2n) is 7.55. The highest BCUT2D eigenvalue weighted by molar-refractivity contribution is 6.31. The van der Waals surface area contributed by atoms with Crippen LogP contribution in [0.15, 0.2) is 18.2 Å². The molecule has 6 heteroatoms. The number of halogens is 1. The number of carbonyl (C=O) groups is 1. The first-order valence-electron chi connectivity index (χ1n) is 9.51. The van der Waals surface area contributed by atoms with Crippen LogP contribution in [0.2, 0.25) is 5.02 Å². The zero-order chi connectivity index (χ0) is 19.7. The van der Waals surface area contributed by atoms with Gasteiger partial charge >= 0.3 is 0 Å². The molecule has 1 aromatic heterocycles. The van der Waals surface area contributed by atoms with Crippen molar-refractivity contribution in [2.45, 2.75) is 59.7 Å². The van der Waals surface area contributed by atoms with E-state index in [0.29, 0.717) is 25.9 Å². The summed E-state index contributed by atoms with van der Waals surface area (Å²) in [5, 5.41) is 5.41. The van der Waals surface area contributed by atoms with Crippen LogP contribution in [-0.2, 0) is 16.0 Å². The van der Waals surface area contributed by atoms with Crippen LogP contribution >= 0.6 is 11.6 Å².